The van der Waals surface area contributed by atoms with Gasteiger partial charge < -0.3 is 5.32 Å². The molecule has 30 heavy (non-hydrogen) atoms. The molecule has 0 spiro atoms. The summed E-state index contributed by atoms with van der Waals surface area (Å²) in [5.41, 5.74) is 3.25. The van der Waals surface area contributed by atoms with Crippen LogP contribution >= 0.6 is 0 Å². The van der Waals surface area contributed by atoms with Crippen molar-refractivity contribution < 1.29 is 14.0 Å². The summed E-state index contributed by atoms with van der Waals surface area (Å²) in [7, 11) is 0. The Kier molecular flexibility index (Phi) is 5.08. The van der Waals surface area contributed by atoms with Crippen LogP contribution in [0.5, 0.6) is 0 Å². The first-order valence-corrected chi connectivity index (χ1v) is 9.81. The third kappa shape index (κ3) is 3.68. The SMILES string of the molecule is Cc1cc(C)cc(NC(=O)c2cc3c(n(-c4ccc(F)cc4)c2=O)CCCC3=O)c1. The van der Waals surface area contributed by atoms with Crippen molar-refractivity contribution in [1.82, 2.24) is 4.57 Å². The average Bonchev–Trinajstić information content (AvgIpc) is 2.68. The number of rotatable bonds is 3. The highest BCUT2D eigenvalue weighted by Crippen LogP contribution is 2.24. The van der Waals surface area contributed by atoms with Crippen LogP contribution in [-0.2, 0) is 6.42 Å². The Hall–Kier alpha value is -3.54. The molecule has 0 atom stereocenters. The summed E-state index contributed by atoms with van der Waals surface area (Å²) in [6.07, 6.45) is 1.53. The van der Waals surface area contributed by atoms with Gasteiger partial charge in [0.05, 0.1) is 0 Å². The monoisotopic (exact) mass is 404 g/mol. The number of nitrogens with zero attached hydrogens (tertiary/aromatic N) is 1. The van der Waals surface area contributed by atoms with Gasteiger partial charge in [-0.3, -0.25) is 19.0 Å². The molecule has 0 fully saturated rings. The van der Waals surface area contributed by atoms with E-state index in [0.29, 0.717) is 41.9 Å². The highest BCUT2D eigenvalue weighted by molar-refractivity contribution is 6.06. The van der Waals surface area contributed by atoms with Gasteiger partial charge in [-0.15, -0.1) is 0 Å². The Labute approximate surface area is 173 Å². The molecule has 6 heteroatoms. The lowest BCUT2D eigenvalue weighted by molar-refractivity contribution is 0.0971. The molecule has 0 radical (unpaired) electrons. The minimum absolute atomic E-state index is 0.104. The summed E-state index contributed by atoms with van der Waals surface area (Å²) >= 11 is 0. The normalized spacial score (nSPS) is 13.1. The van der Waals surface area contributed by atoms with E-state index in [-0.39, 0.29) is 11.3 Å². The number of Topliss-reactive ketones (excluding diaryl/α,β-unsaturated/α-hetero) is 1. The topological polar surface area (TPSA) is 68.2 Å². The summed E-state index contributed by atoms with van der Waals surface area (Å²) in [6.45, 7) is 3.84. The summed E-state index contributed by atoms with van der Waals surface area (Å²) < 4.78 is 14.8. The highest BCUT2D eigenvalue weighted by atomic mass is 19.1. The van der Waals surface area contributed by atoms with Crippen LogP contribution in [0.3, 0.4) is 0 Å². The minimum atomic E-state index is -0.581. The number of hydrogen-bond acceptors (Lipinski definition) is 3. The first kappa shape index (κ1) is 19.8. The number of carbonyl (C=O) groups excluding carboxylic acids is 2. The zero-order valence-corrected chi connectivity index (χ0v) is 16.8. The number of ketones is 1. The van der Waals surface area contributed by atoms with Crippen molar-refractivity contribution in [2.45, 2.75) is 33.1 Å². The quantitative estimate of drug-likeness (QED) is 0.705. The number of carbonyl (C=O) groups is 2. The maximum absolute atomic E-state index is 13.4. The van der Waals surface area contributed by atoms with Crippen LogP contribution in [0.15, 0.2) is 53.3 Å². The lowest BCUT2D eigenvalue weighted by atomic mass is 9.92. The number of fused-ring (bicyclic) bond motifs is 1. The zero-order valence-electron chi connectivity index (χ0n) is 16.8. The largest absolute Gasteiger partial charge is 0.322 e. The van der Waals surface area contributed by atoms with Gasteiger partial charge in [-0.1, -0.05) is 6.07 Å². The van der Waals surface area contributed by atoms with Gasteiger partial charge in [-0.05, 0) is 80.3 Å². The molecule has 1 N–H and O–H groups in total. The Balaban J connectivity index is 1.86. The smallest absolute Gasteiger partial charge is 0.268 e. The van der Waals surface area contributed by atoms with Crippen LogP contribution < -0.4 is 10.9 Å². The summed E-state index contributed by atoms with van der Waals surface area (Å²) in [4.78, 5) is 38.8. The Morgan fingerprint density at radius 3 is 2.30 bits per heavy atom. The molecule has 0 aliphatic heterocycles. The van der Waals surface area contributed by atoms with E-state index < -0.39 is 17.3 Å². The van der Waals surface area contributed by atoms with Crippen LogP contribution in [0.2, 0.25) is 0 Å². The van der Waals surface area contributed by atoms with Gasteiger partial charge in [-0.2, -0.15) is 0 Å². The second-order valence-corrected chi connectivity index (χ2v) is 7.64. The number of halogens is 1. The van der Waals surface area contributed by atoms with E-state index >= 15 is 0 Å². The van der Waals surface area contributed by atoms with Crippen LogP contribution in [0.4, 0.5) is 10.1 Å². The molecule has 0 unspecified atom stereocenters. The van der Waals surface area contributed by atoms with Crippen molar-refractivity contribution >= 4 is 17.4 Å². The zero-order chi connectivity index (χ0) is 21.4. The first-order chi connectivity index (χ1) is 14.3. The Morgan fingerprint density at radius 2 is 1.63 bits per heavy atom. The van der Waals surface area contributed by atoms with Crippen LogP contribution in [0, 0.1) is 19.7 Å². The first-order valence-electron chi connectivity index (χ1n) is 9.81. The van der Waals surface area contributed by atoms with Crippen LogP contribution in [0.25, 0.3) is 5.69 Å². The molecule has 1 aliphatic carbocycles. The lowest BCUT2D eigenvalue weighted by Gasteiger charge is -2.21. The van der Waals surface area contributed by atoms with Gasteiger partial charge in [0.15, 0.2) is 5.78 Å². The number of anilines is 1. The molecule has 152 valence electrons. The Bertz CT molecular complexity index is 1210. The average molecular weight is 404 g/mol. The lowest BCUT2D eigenvalue weighted by Crippen LogP contribution is -2.33. The third-order valence-corrected chi connectivity index (χ3v) is 5.23. The minimum Gasteiger partial charge on any atom is -0.322 e. The number of pyridine rings is 1. The number of amides is 1. The van der Waals surface area contributed by atoms with Crippen molar-refractivity contribution in [3.8, 4) is 5.69 Å². The predicted octanol–water partition coefficient (Wildman–Crippen LogP) is 4.36. The van der Waals surface area contributed by atoms with Crippen molar-refractivity contribution in [3.05, 3.63) is 92.6 Å². The fraction of sp³-hybridized carbons (Fsp3) is 0.208. The van der Waals surface area contributed by atoms with E-state index in [2.05, 4.69) is 5.32 Å². The van der Waals surface area contributed by atoms with E-state index in [1.807, 2.05) is 32.0 Å². The van der Waals surface area contributed by atoms with Crippen molar-refractivity contribution in [2.75, 3.05) is 5.32 Å². The van der Waals surface area contributed by atoms with E-state index in [0.717, 1.165) is 11.1 Å². The number of hydrogen-bond donors (Lipinski definition) is 1. The van der Waals surface area contributed by atoms with E-state index in [1.54, 1.807) is 0 Å². The number of benzene rings is 2. The highest BCUT2D eigenvalue weighted by Gasteiger charge is 2.26. The molecule has 3 aromatic rings. The predicted molar refractivity (Wildman–Crippen MR) is 113 cm³/mol. The molecule has 0 saturated carbocycles. The number of aromatic nitrogens is 1. The molecule has 4 rings (SSSR count). The molecule has 0 bridgehead atoms. The second-order valence-electron chi connectivity index (χ2n) is 7.64. The maximum Gasteiger partial charge on any atom is 0.268 e. The molecule has 5 nitrogen and oxygen atoms in total. The standard InChI is InChI=1S/C24H21FN2O3/c1-14-10-15(2)12-17(11-14)26-23(29)20-13-19-21(4-3-5-22(19)28)27(24(20)30)18-8-6-16(25)7-9-18/h6-13H,3-5H2,1-2H3,(H,26,29). The van der Waals surface area contributed by atoms with Gasteiger partial charge in [0, 0.05) is 29.1 Å². The van der Waals surface area contributed by atoms with Gasteiger partial charge in [0.25, 0.3) is 11.5 Å². The maximum atomic E-state index is 13.4. The molecule has 1 heterocycles. The fourth-order valence-electron chi connectivity index (χ4n) is 3.96. The van der Waals surface area contributed by atoms with E-state index in [9.17, 15) is 18.8 Å². The van der Waals surface area contributed by atoms with Gasteiger partial charge in [0.2, 0.25) is 0 Å². The number of aryl methyl sites for hydroxylation is 2. The summed E-state index contributed by atoms with van der Waals surface area (Å²) in [5.74, 6) is -1.12. The number of nitrogens with one attached hydrogen (secondary N) is 1. The molecule has 0 saturated heterocycles. The fourth-order valence-corrected chi connectivity index (χ4v) is 3.96. The molecule has 1 aliphatic rings. The summed E-state index contributed by atoms with van der Waals surface area (Å²) in [5, 5.41) is 2.77. The van der Waals surface area contributed by atoms with Gasteiger partial charge in [-0.25, -0.2) is 4.39 Å². The summed E-state index contributed by atoms with van der Waals surface area (Å²) in [6, 6.07) is 12.5. The van der Waals surface area contributed by atoms with Crippen molar-refractivity contribution in [3.63, 3.8) is 0 Å². The van der Waals surface area contributed by atoms with E-state index in [4.69, 9.17) is 0 Å². The van der Waals surface area contributed by atoms with Gasteiger partial charge in [0.1, 0.15) is 11.4 Å². The molecular formula is C24H21FN2O3. The molecule has 1 aromatic heterocycles. The van der Waals surface area contributed by atoms with Crippen LogP contribution in [-0.4, -0.2) is 16.3 Å². The van der Waals surface area contributed by atoms with Crippen LogP contribution in [0.1, 0.15) is 50.4 Å². The van der Waals surface area contributed by atoms with Gasteiger partial charge >= 0.3 is 0 Å². The molecule has 2 aromatic carbocycles. The molecular weight excluding hydrogens is 383 g/mol. The Morgan fingerprint density at radius 1 is 0.967 bits per heavy atom. The van der Waals surface area contributed by atoms with Crippen molar-refractivity contribution in [2.24, 2.45) is 0 Å². The third-order valence-electron chi connectivity index (χ3n) is 5.23. The van der Waals surface area contributed by atoms with E-state index in [1.165, 1.54) is 34.9 Å². The molecule has 1 amide bonds. The van der Waals surface area contributed by atoms with Crippen molar-refractivity contribution in [1.29, 1.82) is 0 Å². The second kappa shape index (κ2) is 7.71.